The third kappa shape index (κ3) is 3.77. The van der Waals surface area contributed by atoms with E-state index in [-0.39, 0.29) is 0 Å². The van der Waals surface area contributed by atoms with Gasteiger partial charge in [0.1, 0.15) is 5.82 Å². The molecule has 128 valence electrons. The number of thioether (sulfide) groups is 1. The second kappa shape index (κ2) is 7.34. The number of piperidine rings is 1. The maximum absolute atomic E-state index is 4.68. The summed E-state index contributed by atoms with van der Waals surface area (Å²) in [6.45, 7) is 5.99. The number of anilines is 2. The molecule has 3 rings (SSSR count). The Hall–Kier alpha value is -1.89. The molecule has 1 unspecified atom stereocenters. The summed E-state index contributed by atoms with van der Waals surface area (Å²) in [4.78, 5) is 22.6. The normalized spacial score (nSPS) is 17.8. The molecule has 2 aromatic heterocycles. The van der Waals surface area contributed by atoms with E-state index in [0.29, 0.717) is 6.04 Å². The fourth-order valence-electron chi connectivity index (χ4n) is 2.99. The summed E-state index contributed by atoms with van der Waals surface area (Å²) in [5.41, 5.74) is 2.10. The van der Waals surface area contributed by atoms with Gasteiger partial charge >= 0.3 is 0 Å². The van der Waals surface area contributed by atoms with E-state index >= 15 is 0 Å². The molecule has 0 bridgehead atoms. The van der Waals surface area contributed by atoms with Crippen LogP contribution >= 0.6 is 11.8 Å². The predicted molar refractivity (Wildman–Crippen MR) is 99.0 cm³/mol. The second-order valence-electron chi connectivity index (χ2n) is 6.27. The van der Waals surface area contributed by atoms with Crippen LogP contribution in [0.15, 0.2) is 23.6 Å². The first-order valence-corrected chi connectivity index (χ1v) is 9.45. The van der Waals surface area contributed by atoms with Crippen LogP contribution in [0.4, 0.5) is 11.8 Å². The highest BCUT2D eigenvalue weighted by atomic mass is 32.2. The Morgan fingerprint density at radius 2 is 1.96 bits per heavy atom. The van der Waals surface area contributed by atoms with Crippen molar-refractivity contribution in [2.24, 2.45) is 0 Å². The molecule has 6 nitrogen and oxygen atoms in total. The second-order valence-corrected chi connectivity index (χ2v) is 7.04. The highest BCUT2D eigenvalue weighted by Gasteiger charge is 2.25. The van der Waals surface area contributed by atoms with Crippen molar-refractivity contribution < 1.29 is 0 Å². The summed E-state index contributed by atoms with van der Waals surface area (Å²) in [6.07, 6.45) is 8.04. The lowest BCUT2D eigenvalue weighted by atomic mass is 10.0. The van der Waals surface area contributed by atoms with Crippen molar-refractivity contribution >= 4 is 23.5 Å². The molecule has 24 heavy (non-hydrogen) atoms. The Morgan fingerprint density at radius 3 is 2.67 bits per heavy atom. The van der Waals surface area contributed by atoms with Gasteiger partial charge in [-0.2, -0.15) is 0 Å². The van der Waals surface area contributed by atoms with Crippen molar-refractivity contribution in [2.75, 3.05) is 36.2 Å². The molecule has 1 aliphatic rings. The standard InChI is InChI=1S/C17H24N6S/c1-12-9-18-16(19-10-12)22(3)14-6-5-7-23(11-14)15-8-13(2)20-17(21-15)24-4/h8-10,14H,5-7,11H2,1-4H3. The van der Waals surface area contributed by atoms with Crippen LogP contribution in [-0.4, -0.2) is 52.4 Å². The van der Waals surface area contributed by atoms with Gasteiger partial charge in [0.25, 0.3) is 0 Å². The molecule has 7 heteroatoms. The number of hydrogen-bond acceptors (Lipinski definition) is 7. The Balaban J connectivity index is 1.76. The summed E-state index contributed by atoms with van der Waals surface area (Å²) in [5.74, 6) is 1.81. The van der Waals surface area contributed by atoms with Gasteiger partial charge < -0.3 is 9.80 Å². The quantitative estimate of drug-likeness (QED) is 0.624. The van der Waals surface area contributed by atoms with Crippen LogP contribution < -0.4 is 9.80 Å². The highest BCUT2D eigenvalue weighted by molar-refractivity contribution is 7.98. The third-order valence-corrected chi connectivity index (χ3v) is 4.90. The van der Waals surface area contributed by atoms with E-state index in [4.69, 9.17) is 0 Å². The SMILES string of the molecule is CSc1nc(C)cc(N2CCCC(N(C)c3ncc(C)cn3)C2)n1. The molecule has 0 radical (unpaired) electrons. The summed E-state index contributed by atoms with van der Waals surface area (Å²) in [7, 11) is 2.08. The van der Waals surface area contributed by atoms with Gasteiger partial charge in [0, 0.05) is 50.3 Å². The maximum atomic E-state index is 4.68. The molecule has 0 aromatic carbocycles. The molecular weight excluding hydrogens is 320 g/mol. The molecule has 1 atom stereocenters. The molecule has 1 saturated heterocycles. The van der Waals surface area contributed by atoms with E-state index in [9.17, 15) is 0 Å². The molecule has 2 aromatic rings. The maximum Gasteiger partial charge on any atom is 0.225 e. The average Bonchev–Trinajstić information content (AvgIpc) is 2.61. The van der Waals surface area contributed by atoms with E-state index in [2.05, 4.69) is 42.8 Å². The molecular formula is C17H24N6S. The topological polar surface area (TPSA) is 58.0 Å². The van der Waals surface area contributed by atoms with Crippen molar-refractivity contribution in [3.63, 3.8) is 0 Å². The third-order valence-electron chi connectivity index (χ3n) is 4.35. The van der Waals surface area contributed by atoms with Crippen molar-refractivity contribution in [1.82, 2.24) is 19.9 Å². The minimum atomic E-state index is 0.384. The van der Waals surface area contributed by atoms with Crippen molar-refractivity contribution in [1.29, 1.82) is 0 Å². The largest absolute Gasteiger partial charge is 0.354 e. The number of aryl methyl sites for hydroxylation is 2. The van der Waals surface area contributed by atoms with Gasteiger partial charge in [0.05, 0.1) is 0 Å². The molecule has 0 spiro atoms. The van der Waals surface area contributed by atoms with Crippen molar-refractivity contribution in [3.05, 3.63) is 29.7 Å². The summed E-state index contributed by atoms with van der Waals surface area (Å²) in [6, 6.07) is 2.46. The van der Waals surface area contributed by atoms with Gasteiger partial charge in [0.2, 0.25) is 5.95 Å². The molecule has 0 amide bonds. The predicted octanol–water partition coefficient (Wildman–Crippen LogP) is 2.71. The van der Waals surface area contributed by atoms with Gasteiger partial charge in [-0.15, -0.1) is 0 Å². The lowest BCUT2D eigenvalue weighted by Crippen LogP contribution is -2.47. The molecule has 1 fully saturated rings. The highest BCUT2D eigenvalue weighted by Crippen LogP contribution is 2.24. The first-order chi connectivity index (χ1) is 11.6. The van der Waals surface area contributed by atoms with Crippen LogP contribution in [0, 0.1) is 13.8 Å². The number of nitrogens with zero attached hydrogens (tertiary/aromatic N) is 6. The monoisotopic (exact) mass is 344 g/mol. The van der Waals surface area contributed by atoms with Gasteiger partial charge in [-0.3, -0.25) is 0 Å². The number of hydrogen-bond donors (Lipinski definition) is 0. The van der Waals surface area contributed by atoms with Crippen LogP contribution in [0.5, 0.6) is 0 Å². The fraction of sp³-hybridized carbons (Fsp3) is 0.529. The fourth-order valence-corrected chi connectivity index (χ4v) is 3.41. The van der Waals surface area contributed by atoms with Crippen LogP contribution in [0.3, 0.4) is 0 Å². The Bertz CT molecular complexity index is 690. The van der Waals surface area contributed by atoms with Gasteiger partial charge in [0.15, 0.2) is 5.16 Å². The number of aromatic nitrogens is 4. The van der Waals surface area contributed by atoms with E-state index in [1.807, 2.05) is 32.5 Å². The zero-order chi connectivity index (χ0) is 17.1. The smallest absolute Gasteiger partial charge is 0.225 e. The van der Waals surface area contributed by atoms with Crippen LogP contribution in [-0.2, 0) is 0 Å². The summed E-state index contributed by atoms with van der Waals surface area (Å²) in [5, 5.41) is 0.836. The Morgan fingerprint density at radius 1 is 1.21 bits per heavy atom. The zero-order valence-electron chi connectivity index (χ0n) is 14.7. The minimum absolute atomic E-state index is 0.384. The summed E-state index contributed by atoms with van der Waals surface area (Å²) < 4.78 is 0. The molecule has 1 aliphatic heterocycles. The van der Waals surface area contributed by atoms with Crippen LogP contribution in [0.25, 0.3) is 0 Å². The molecule has 0 N–H and O–H groups in total. The van der Waals surface area contributed by atoms with E-state index in [0.717, 1.165) is 54.1 Å². The zero-order valence-corrected chi connectivity index (χ0v) is 15.5. The van der Waals surface area contributed by atoms with Crippen molar-refractivity contribution in [3.8, 4) is 0 Å². The lowest BCUT2D eigenvalue weighted by Gasteiger charge is -2.38. The Labute approximate surface area is 147 Å². The summed E-state index contributed by atoms with van der Waals surface area (Å²) >= 11 is 1.59. The molecule has 3 heterocycles. The average molecular weight is 344 g/mol. The van der Waals surface area contributed by atoms with Crippen LogP contribution in [0.1, 0.15) is 24.1 Å². The van der Waals surface area contributed by atoms with E-state index < -0.39 is 0 Å². The van der Waals surface area contributed by atoms with E-state index in [1.165, 1.54) is 0 Å². The van der Waals surface area contributed by atoms with E-state index in [1.54, 1.807) is 11.8 Å². The lowest BCUT2D eigenvalue weighted by molar-refractivity contribution is 0.479. The number of likely N-dealkylation sites (N-methyl/N-ethyl adjacent to an activating group) is 1. The van der Waals surface area contributed by atoms with Gasteiger partial charge in [-0.25, -0.2) is 19.9 Å². The van der Waals surface area contributed by atoms with Gasteiger partial charge in [-0.1, -0.05) is 11.8 Å². The Kier molecular flexibility index (Phi) is 5.18. The number of rotatable bonds is 4. The van der Waals surface area contributed by atoms with Gasteiger partial charge in [-0.05, 0) is 38.5 Å². The molecule has 0 saturated carbocycles. The first-order valence-electron chi connectivity index (χ1n) is 8.23. The van der Waals surface area contributed by atoms with Crippen LogP contribution in [0.2, 0.25) is 0 Å². The molecule has 0 aliphatic carbocycles. The first kappa shape index (κ1) is 17.0. The minimum Gasteiger partial charge on any atom is -0.354 e. The van der Waals surface area contributed by atoms with Crippen molar-refractivity contribution in [2.45, 2.75) is 37.9 Å².